The molecule has 3 atom stereocenters. The van der Waals surface area contributed by atoms with E-state index in [1.807, 2.05) is 0 Å². The van der Waals surface area contributed by atoms with E-state index in [-0.39, 0.29) is 27.6 Å². The van der Waals surface area contributed by atoms with Crippen molar-refractivity contribution in [2.75, 3.05) is 6.26 Å². The molecule has 3 unspecified atom stereocenters. The summed E-state index contributed by atoms with van der Waals surface area (Å²) >= 11 is 12.8. The molecule has 0 bridgehead atoms. The summed E-state index contributed by atoms with van der Waals surface area (Å²) in [7, 11) is -3.62. The molecule has 8 nitrogen and oxygen atoms in total. The molecule has 28 heavy (non-hydrogen) atoms. The van der Waals surface area contributed by atoms with Crippen molar-refractivity contribution in [3.63, 3.8) is 0 Å². The SMILES string of the molecule is CS(=O)(=O)c1ccc(C(=O)C2C(C=O)C=CCC2Cl)c(Cl)c1Cn1cnnn1. The number of allylic oxidation sites excluding steroid dienone is 2. The molecule has 0 fully saturated rings. The van der Waals surface area contributed by atoms with Gasteiger partial charge in [-0.25, -0.2) is 13.1 Å². The van der Waals surface area contributed by atoms with E-state index >= 15 is 0 Å². The van der Waals surface area contributed by atoms with Gasteiger partial charge < -0.3 is 4.79 Å². The number of carbonyl (C=O) groups excluding carboxylic acids is 2. The molecule has 0 radical (unpaired) electrons. The van der Waals surface area contributed by atoms with Crippen LogP contribution in [0.2, 0.25) is 5.02 Å². The van der Waals surface area contributed by atoms with E-state index < -0.39 is 32.8 Å². The molecule has 0 saturated heterocycles. The predicted octanol–water partition coefficient (Wildman–Crippen LogP) is 1.96. The van der Waals surface area contributed by atoms with Crippen molar-refractivity contribution in [2.24, 2.45) is 11.8 Å². The molecule has 1 aromatic carbocycles. The first-order valence-corrected chi connectivity index (χ1v) is 11.0. The Kier molecular flexibility index (Phi) is 5.97. The molecule has 0 spiro atoms. The average molecular weight is 443 g/mol. The summed E-state index contributed by atoms with van der Waals surface area (Å²) in [5, 5.41) is 10.1. The highest BCUT2D eigenvalue weighted by molar-refractivity contribution is 7.90. The molecule has 11 heteroatoms. The van der Waals surface area contributed by atoms with Gasteiger partial charge in [-0.2, -0.15) is 0 Å². The van der Waals surface area contributed by atoms with Gasteiger partial charge in [-0.3, -0.25) is 4.79 Å². The van der Waals surface area contributed by atoms with Crippen LogP contribution in [0, 0.1) is 11.8 Å². The first kappa shape index (κ1) is 20.6. The van der Waals surface area contributed by atoms with Gasteiger partial charge in [-0.15, -0.1) is 16.7 Å². The minimum Gasteiger partial charge on any atom is -0.303 e. The van der Waals surface area contributed by atoms with E-state index in [1.165, 1.54) is 23.1 Å². The van der Waals surface area contributed by atoms with E-state index in [2.05, 4.69) is 15.5 Å². The van der Waals surface area contributed by atoms with E-state index in [0.29, 0.717) is 12.7 Å². The van der Waals surface area contributed by atoms with Crippen molar-refractivity contribution in [1.29, 1.82) is 0 Å². The Labute approximate surface area is 171 Å². The highest BCUT2D eigenvalue weighted by atomic mass is 35.5. The number of Topliss-reactive ketones (excluding diaryl/α,β-unsaturated/α-hetero) is 1. The van der Waals surface area contributed by atoms with Crippen LogP contribution in [0.3, 0.4) is 0 Å². The van der Waals surface area contributed by atoms with Gasteiger partial charge in [0.1, 0.15) is 12.6 Å². The third-order valence-corrected chi connectivity index (χ3v) is 6.62. The van der Waals surface area contributed by atoms with Gasteiger partial charge in [0.2, 0.25) is 0 Å². The van der Waals surface area contributed by atoms with Crippen molar-refractivity contribution < 1.29 is 18.0 Å². The summed E-state index contributed by atoms with van der Waals surface area (Å²) in [6, 6.07) is 2.68. The maximum Gasteiger partial charge on any atom is 0.175 e. The Morgan fingerprint density at radius 2 is 2.14 bits per heavy atom. The zero-order valence-corrected chi connectivity index (χ0v) is 17.0. The van der Waals surface area contributed by atoms with Gasteiger partial charge in [-0.05, 0) is 29.0 Å². The zero-order chi connectivity index (χ0) is 20.5. The smallest absolute Gasteiger partial charge is 0.175 e. The first-order chi connectivity index (χ1) is 13.2. The normalized spacial score (nSPS) is 22.2. The summed E-state index contributed by atoms with van der Waals surface area (Å²) in [6.45, 7) is -0.0403. The summed E-state index contributed by atoms with van der Waals surface area (Å²) in [6.07, 6.45) is 6.88. The van der Waals surface area contributed by atoms with Gasteiger partial charge in [0, 0.05) is 28.7 Å². The molecule has 1 aromatic heterocycles. The summed E-state index contributed by atoms with van der Waals surface area (Å²) < 4.78 is 25.7. The van der Waals surface area contributed by atoms with Crippen LogP contribution in [0.5, 0.6) is 0 Å². The molecule has 0 saturated carbocycles. The average Bonchev–Trinajstić information content (AvgIpc) is 3.14. The fourth-order valence-electron chi connectivity index (χ4n) is 3.22. The predicted molar refractivity (Wildman–Crippen MR) is 102 cm³/mol. The second-order valence-corrected chi connectivity index (χ2v) is 9.39. The number of tetrazole rings is 1. The Morgan fingerprint density at radius 3 is 2.75 bits per heavy atom. The van der Waals surface area contributed by atoms with Crippen LogP contribution in [0.1, 0.15) is 22.3 Å². The molecule has 1 heterocycles. The van der Waals surface area contributed by atoms with E-state index in [4.69, 9.17) is 23.2 Å². The van der Waals surface area contributed by atoms with E-state index in [9.17, 15) is 18.0 Å². The fraction of sp³-hybridized carbons (Fsp3) is 0.353. The second-order valence-electron chi connectivity index (χ2n) is 6.47. The van der Waals surface area contributed by atoms with Crippen molar-refractivity contribution >= 4 is 45.1 Å². The van der Waals surface area contributed by atoms with Gasteiger partial charge >= 0.3 is 0 Å². The molecule has 3 rings (SSSR count). The molecule has 0 N–H and O–H groups in total. The van der Waals surface area contributed by atoms with Crippen LogP contribution in [-0.4, -0.2) is 52.3 Å². The lowest BCUT2D eigenvalue weighted by Gasteiger charge is -2.27. The van der Waals surface area contributed by atoms with Crippen LogP contribution in [0.25, 0.3) is 0 Å². The number of hydrogen-bond donors (Lipinski definition) is 0. The molecule has 1 aliphatic rings. The molecule has 0 amide bonds. The second kappa shape index (κ2) is 8.10. The molecule has 148 valence electrons. The largest absolute Gasteiger partial charge is 0.303 e. The number of hydrogen-bond acceptors (Lipinski definition) is 7. The Bertz CT molecular complexity index is 1040. The number of alkyl halides is 1. The zero-order valence-electron chi connectivity index (χ0n) is 14.7. The topological polar surface area (TPSA) is 112 Å². The first-order valence-electron chi connectivity index (χ1n) is 8.26. The van der Waals surface area contributed by atoms with Crippen LogP contribution >= 0.6 is 23.2 Å². The minimum atomic E-state index is -3.62. The van der Waals surface area contributed by atoms with Gasteiger partial charge in [0.25, 0.3) is 0 Å². The highest BCUT2D eigenvalue weighted by Gasteiger charge is 2.37. The Balaban J connectivity index is 2.10. The van der Waals surface area contributed by atoms with Crippen molar-refractivity contribution in [3.05, 3.63) is 46.8 Å². The highest BCUT2D eigenvalue weighted by Crippen LogP contribution is 2.35. The van der Waals surface area contributed by atoms with Gasteiger partial charge in [-0.1, -0.05) is 23.8 Å². The maximum absolute atomic E-state index is 13.2. The standard InChI is InChI=1S/C17H16Cl2N4O4S/c1-28(26,27)14-6-5-11(16(19)12(14)7-23-9-20-21-22-23)17(25)15-10(8-24)3-2-4-13(15)18/h2-3,5-6,8-10,13,15H,4,7H2,1H3. The number of rotatable bonds is 6. The Hall–Kier alpha value is -2.10. The van der Waals surface area contributed by atoms with Crippen LogP contribution in [-0.2, 0) is 21.2 Å². The number of ketones is 1. The van der Waals surface area contributed by atoms with Crippen molar-refractivity contribution in [1.82, 2.24) is 20.2 Å². The number of aromatic nitrogens is 4. The van der Waals surface area contributed by atoms with Crippen molar-refractivity contribution in [3.8, 4) is 0 Å². The van der Waals surface area contributed by atoms with E-state index in [0.717, 1.165) is 6.26 Å². The minimum absolute atomic E-state index is 0.0218. The fourth-order valence-corrected chi connectivity index (χ4v) is 4.91. The number of sulfone groups is 1. The molecular formula is C17H16Cl2N4O4S. The number of nitrogens with zero attached hydrogens (tertiary/aromatic N) is 4. The lowest BCUT2D eigenvalue weighted by Crippen LogP contribution is -2.34. The summed E-state index contributed by atoms with van der Waals surface area (Å²) in [5.74, 6) is -1.87. The Morgan fingerprint density at radius 1 is 1.39 bits per heavy atom. The lowest BCUT2D eigenvalue weighted by molar-refractivity contribution is -0.110. The molecule has 2 aromatic rings. The number of aldehydes is 1. The number of benzene rings is 1. The summed E-state index contributed by atoms with van der Waals surface area (Å²) in [5.41, 5.74) is 0.303. The maximum atomic E-state index is 13.2. The molecular weight excluding hydrogens is 427 g/mol. The third kappa shape index (κ3) is 4.01. The van der Waals surface area contributed by atoms with Gasteiger partial charge in [0.05, 0.1) is 22.4 Å². The number of halogens is 2. The summed E-state index contributed by atoms with van der Waals surface area (Å²) in [4.78, 5) is 24.5. The number of carbonyl (C=O) groups is 2. The quantitative estimate of drug-likeness (QED) is 0.290. The third-order valence-electron chi connectivity index (χ3n) is 4.56. The monoisotopic (exact) mass is 442 g/mol. The van der Waals surface area contributed by atoms with Crippen LogP contribution in [0.15, 0.2) is 35.5 Å². The lowest BCUT2D eigenvalue weighted by atomic mass is 9.79. The van der Waals surface area contributed by atoms with Crippen LogP contribution < -0.4 is 0 Å². The van der Waals surface area contributed by atoms with Crippen LogP contribution in [0.4, 0.5) is 0 Å². The van der Waals surface area contributed by atoms with E-state index in [1.54, 1.807) is 12.2 Å². The van der Waals surface area contributed by atoms with Crippen molar-refractivity contribution in [2.45, 2.75) is 23.2 Å². The molecule has 0 aliphatic heterocycles. The van der Waals surface area contributed by atoms with Gasteiger partial charge in [0.15, 0.2) is 15.6 Å². The molecule has 1 aliphatic carbocycles.